The van der Waals surface area contributed by atoms with Crippen molar-refractivity contribution in [1.82, 2.24) is 10.2 Å². The highest BCUT2D eigenvalue weighted by molar-refractivity contribution is 6.05. The lowest BCUT2D eigenvalue weighted by Gasteiger charge is -2.05. The standard InChI is InChI=1S/C11H11FN4O/c1-6-10(5-14-16-6)11(17)15-9-3-7(12)2-8(13)4-9/h2-5H,13H2,1H3,(H,14,16)(H,15,17). The number of halogens is 1. The Morgan fingerprint density at radius 1 is 1.47 bits per heavy atom. The number of aryl methyl sites for hydroxylation is 1. The van der Waals surface area contributed by atoms with Gasteiger partial charge in [-0.15, -0.1) is 0 Å². The number of rotatable bonds is 2. The van der Waals surface area contributed by atoms with Gasteiger partial charge in [0, 0.05) is 17.1 Å². The van der Waals surface area contributed by atoms with E-state index >= 15 is 0 Å². The summed E-state index contributed by atoms with van der Waals surface area (Å²) in [4.78, 5) is 11.8. The van der Waals surface area contributed by atoms with Crippen molar-refractivity contribution in [2.24, 2.45) is 0 Å². The molecule has 0 saturated carbocycles. The van der Waals surface area contributed by atoms with E-state index < -0.39 is 5.82 Å². The molecule has 5 nitrogen and oxygen atoms in total. The predicted octanol–water partition coefficient (Wildman–Crippen LogP) is 1.69. The first kappa shape index (κ1) is 11.1. The smallest absolute Gasteiger partial charge is 0.259 e. The fourth-order valence-electron chi connectivity index (χ4n) is 1.46. The topological polar surface area (TPSA) is 83.8 Å². The Labute approximate surface area is 96.8 Å². The molecule has 0 unspecified atom stereocenters. The number of amides is 1. The lowest BCUT2D eigenvalue weighted by Crippen LogP contribution is -2.12. The van der Waals surface area contributed by atoms with Gasteiger partial charge in [-0.05, 0) is 25.1 Å². The number of hydrogen-bond acceptors (Lipinski definition) is 3. The summed E-state index contributed by atoms with van der Waals surface area (Å²) < 4.78 is 13.1. The van der Waals surface area contributed by atoms with E-state index in [0.717, 1.165) is 0 Å². The minimum atomic E-state index is -0.496. The maximum Gasteiger partial charge on any atom is 0.259 e. The molecule has 1 aromatic heterocycles. The molecule has 88 valence electrons. The number of carbonyl (C=O) groups is 1. The van der Waals surface area contributed by atoms with Gasteiger partial charge in [0.25, 0.3) is 5.91 Å². The second-order valence-electron chi connectivity index (χ2n) is 3.64. The Kier molecular flexibility index (Phi) is 2.78. The van der Waals surface area contributed by atoms with Crippen LogP contribution in [0.4, 0.5) is 15.8 Å². The summed E-state index contributed by atoms with van der Waals surface area (Å²) in [6.07, 6.45) is 1.41. The third-order valence-corrected chi connectivity index (χ3v) is 2.25. The minimum Gasteiger partial charge on any atom is -0.399 e. The summed E-state index contributed by atoms with van der Waals surface area (Å²) in [5, 5.41) is 8.93. The highest BCUT2D eigenvalue weighted by Crippen LogP contribution is 2.16. The van der Waals surface area contributed by atoms with Crippen LogP contribution in [0.15, 0.2) is 24.4 Å². The number of carbonyl (C=O) groups excluding carboxylic acids is 1. The molecule has 0 spiro atoms. The van der Waals surface area contributed by atoms with Crippen LogP contribution in [-0.2, 0) is 0 Å². The Morgan fingerprint density at radius 3 is 2.82 bits per heavy atom. The normalized spacial score (nSPS) is 10.2. The monoisotopic (exact) mass is 234 g/mol. The summed E-state index contributed by atoms with van der Waals surface area (Å²) in [5.74, 6) is -0.856. The molecule has 1 amide bonds. The Bertz CT molecular complexity index is 544. The number of anilines is 2. The molecule has 0 atom stereocenters. The predicted molar refractivity (Wildman–Crippen MR) is 62.1 cm³/mol. The van der Waals surface area contributed by atoms with Crippen molar-refractivity contribution in [2.75, 3.05) is 11.1 Å². The van der Waals surface area contributed by atoms with Crippen LogP contribution in [0, 0.1) is 12.7 Å². The largest absolute Gasteiger partial charge is 0.399 e. The Morgan fingerprint density at radius 2 is 2.24 bits per heavy atom. The van der Waals surface area contributed by atoms with E-state index in [9.17, 15) is 9.18 Å². The van der Waals surface area contributed by atoms with E-state index in [4.69, 9.17) is 5.73 Å². The molecule has 0 radical (unpaired) electrons. The SMILES string of the molecule is Cc1[nH]ncc1C(=O)Nc1cc(N)cc(F)c1. The van der Waals surface area contributed by atoms with Crippen LogP contribution in [0.1, 0.15) is 16.1 Å². The molecule has 1 heterocycles. The van der Waals surface area contributed by atoms with Crippen molar-refractivity contribution in [3.63, 3.8) is 0 Å². The van der Waals surface area contributed by atoms with Crippen molar-refractivity contribution in [3.05, 3.63) is 41.5 Å². The summed E-state index contributed by atoms with van der Waals surface area (Å²) in [6.45, 7) is 1.72. The number of benzene rings is 1. The molecule has 2 rings (SSSR count). The quantitative estimate of drug-likeness (QED) is 0.691. The molecule has 0 fully saturated rings. The molecule has 17 heavy (non-hydrogen) atoms. The van der Waals surface area contributed by atoms with Gasteiger partial charge < -0.3 is 11.1 Å². The highest BCUT2D eigenvalue weighted by atomic mass is 19.1. The van der Waals surface area contributed by atoms with Crippen LogP contribution in [-0.4, -0.2) is 16.1 Å². The molecule has 0 aliphatic rings. The third kappa shape index (κ3) is 2.41. The van der Waals surface area contributed by atoms with Crippen molar-refractivity contribution >= 4 is 17.3 Å². The molecule has 0 saturated heterocycles. The van der Waals surface area contributed by atoms with Gasteiger partial charge >= 0.3 is 0 Å². The lowest BCUT2D eigenvalue weighted by molar-refractivity contribution is 0.102. The van der Waals surface area contributed by atoms with E-state index in [0.29, 0.717) is 16.9 Å². The highest BCUT2D eigenvalue weighted by Gasteiger charge is 2.11. The second kappa shape index (κ2) is 4.25. The van der Waals surface area contributed by atoms with Gasteiger partial charge in [-0.3, -0.25) is 9.89 Å². The zero-order valence-corrected chi connectivity index (χ0v) is 9.12. The fraction of sp³-hybridized carbons (Fsp3) is 0.0909. The maximum absolute atomic E-state index is 13.1. The number of aromatic amines is 1. The van der Waals surface area contributed by atoms with E-state index in [-0.39, 0.29) is 11.6 Å². The molecule has 6 heteroatoms. The maximum atomic E-state index is 13.1. The average molecular weight is 234 g/mol. The van der Waals surface area contributed by atoms with E-state index in [1.165, 1.54) is 24.4 Å². The van der Waals surface area contributed by atoms with Crippen LogP contribution in [0.3, 0.4) is 0 Å². The van der Waals surface area contributed by atoms with E-state index in [1.54, 1.807) is 6.92 Å². The Balaban J connectivity index is 2.21. The van der Waals surface area contributed by atoms with Gasteiger partial charge in [0.1, 0.15) is 5.82 Å². The first-order valence-corrected chi connectivity index (χ1v) is 4.93. The zero-order valence-electron chi connectivity index (χ0n) is 9.12. The molecule has 4 N–H and O–H groups in total. The van der Waals surface area contributed by atoms with Crippen LogP contribution in [0.2, 0.25) is 0 Å². The van der Waals surface area contributed by atoms with Crippen LogP contribution >= 0.6 is 0 Å². The van der Waals surface area contributed by atoms with Gasteiger partial charge in [-0.25, -0.2) is 4.39 Å². The van der Waals surface area contributed by atoms with Crippen LogP contribution < -0.4 is 11.1 Å². The summed E-state index contributed by atoms with van der Waals surface area (Å²) in [7, 11) is 0. The number of nitrogens with zero attached hydrogens (tertiary/aromatic N) is 1. The van der Waals surface area contributed by atoms with Crippen molar-refractivity contribution < 1.29 is 9.18 Å². The number of nitrogen functional groups attached to an aromatic ring is 1. The van der Waals surface area contributed by atoms with Crippen molar-refractivity contribution in [3.8, 4) is 0 Å². The van der Waals surface area contributed by atoms with Crippen molar-refractivity contribution in [1.29, 1.82) is 0 Å². The number of hydrogen-bond donors (Lipinski definition) is 3. The summed E-state index contributed by atoms with van der Waals surface area (Å²) in [5.41, 5.74) is 7.10. The molecule has 0 aliphatic carbocycles. The number of H-pyrrole nitrogens is 1. The van der Waals surface area contributed by atoms with Gasteiger partial charge in [0.05, 0.1) is 11.8 Å². The van der Waals surface area contributed by atoms with Gasteiger partial charge in [0.2, 0.25) is 0 Å². The first-order valence-electron chi connectivity index (χ1n) is 4.93. The third-order valence-electron chi connectivity index (χ3n) is 2.25. The van der Waals surface area contributed by atoms with Crippen molar-refractivity contribution in [2.45, 2.75) is 6.92 Å². The number of nitrogens with two attached hydrogens (primary N) is 1. The lowest BCUT2D eigenvalue weighted by atomic mass is 10.2. The molecule has 0 bridgehead atoms. The van der Waals surface area contributed by atoms with Gasteiger partial charge in [0.15, 0.2) is 0 Å². The minimum absolute atomic E-state index is 0.254. The molecule has 1 aromatic carbocycles. The fourth-order valence-corrected chi connectivity index (χ4v) is 1.46. The molecule has 0 aliphatic heterocycles. The van der Waals surface area contributed by atoms with Crippen LogP contribution in [0.25, 0.3) is 0 Å². The Hall–Kier alpha value is -2.37. The number of nitrogens with one attached hydrogen (secondary N) is 2. The summed E-state index contributed by atoms with van der Waals surface area (Å²) in [6, 6.07) is 3.86. The first-order chi connectivity index (χ1) is 8.06. The summed E-state index contributed by atoms with van der Waals surface area (Å²) >= 11 is 0. The van der Waals surface area contributed by atoms with Gasteiger partial charge in [-0.1, -0.05) is 0 Å². The van der Waals surface area contributed by atoms with E-state index in [2.05, 4.69) is 15.5 Å². The molecular formula is C11H11FN4O. The number of aromatic nitrogens is 2. The van der Waals surface area contributed by atoms with Gasteiger partial charge in [-0.2, -0.15) is 5.10 Å². The molecule has 2 aromatic rings. The zero-order chi connectivity index (χ0) is 12.4. The second-order valence-corrected chi connectivity index (χ2v) is 3.64. The molecular weight excluding hydrogens is 223 g/mol. The van der Waals surface area contributed by atoms with E-state index in [1.807, 2.05) is 0 Å². The average Bonchev–Trinajstić information content (AvgIpc) is 2.62. The van der Waals surface area contributed by atoms with Crippen LogP contribution in [0.5, 0.6) is 0 Å².